The maximum Gasteiger partial charge on any atom is 0.264 e. The molecule has 0 aliphatic carbocycles. The second-order valence-electron chi connectivity index (χ2n) is 6.58. The summed E-state index contributed by atoms with van der Waals surface area (Å²) in [6.45, 7) is 12.1. The Hall–Kier alpha value is -2.57. The fraction of sp³-hybridized carbons (Fsp3) is 0.227. The van der Waals surface area contributed by atoms with Gasteiger partial charge >= 0.3 is 0 Å². The molecule has 0 unspecified atom stereocenters. The van der Waals surface area contributed by atoms with Crippen molar-refractivity contribution in [1.29, 1.82) is 0 Å². The molecule has 0 N–H and O–H groups in total. The predicted molar refractivity (Wildman–Crippen MR) is 119 cm³/mol. The van der Waals surface area contributed by atoms with Gasteiger partial charge in [0.2, 0.25) is 0 Å². The number of para-hydroxylation sites is 1. The van der Waals surface area contributed by atoms with Crippen LogP contribution in [0.5, 0.6) is 0 Å². The van der Waals surface area contributed by atoms with Crippen molar-refractivity contribution in [2.75, 3.05) is 23.9 Å². The van der Waals surface area contributed by atoms with Crippen molar-refractivity contribution in [3.8, 4) is 0 Å². The third-order valence-electron chi connectivity index (χ3n) is 4.21. The molecule has 29 heavy (non-hydrogen) atoms. The van der Waals surface area contributed by atoms with E-state index in [1.54, 1.807) is 41.3 Å². The highest BCUT2D eigenvalue weighted by Gasteiger charge is 2.27. The molecule has 5 nitrogen and oxygen atoms in total. The van der Waals surface area contributed by atoms with Crippen LogP contribution in [0.15, 0.2) is 78.2 Å². The number of nitrogens with zero attached hydrogens (tertiary/aromatic N) is 2. The first kappa shape index (κ1) is 22.7. The molecule has 1 amide bonds. The van der Waals surface area contributed by atoms with Crippen LogP contribution in [-0.4, -0.2) is 38.9 Å². The van der Waals surface area contributed by atoms with Crippen molar-refractivity contribution in [2.24, 2.45) is 0 Å². The van der Waals surface area contributed by atoms with Gasteiger partial charge in [-0.05, 0) is 44.2 Å². The number of hydrogen-bond donors (Lipinski definition) is 0. The average molecular weight is 433 g/mol. The first-order valence-corrected chi connectivity index (χ1v) is 11.0. The van der Waals surface area contributed by atoms with E-state index in [9.17, 15) is 13.2 Å². The highest BCUT2D eigenvalue weighted by Crippen LogP contribution is 2.30. The largest absolute Gasteiger partial charge is 0.335 e. The standard InChI is InChI=1S/C22H25ClN2O3S/c1-5-14-25(21-13-8-7-12-20(21)23)29(27,28)19-11-9-10-18(15-19)22(26)24(6-2)16-17(3)4/h5,7-13,15H,1,3,6,14,16H2,2,4H3. The molecular formula is C22H25ClN2O3S. The molecule has 7 heteroatoms. The van der Waals surface area contributed by atoms with E-state index in [0.717, 1.165) is 5.57 Å². The molecule has 0 aliphatic heterocycles. The van der Waals surface area contributed by atoms with Gasteiger partial charge in [-0.25, -0.2) is 8.42 Å². The van der Waals surface area contributed by atoms with Crippen LogP contribution in [0.1, 0.15) is 24.2 Å². The molecule has 154 valence electrons. The smallest absolute Gasteiger partial charge is 0.264 e. The lowest BCUT2D eigenvalue weighted by Crippen LogP contribution is -2.33. The van der Waals surface area contributed by atoms with E-state index in [4.69, 9.17) is 11.6 Å². The third-order valence-corrected chi connectivity index (χ3v) is 6.31. The monoisotopic (exact) mass is 432 g/mol. The topological polar surface area (TPSA) is 57.7 Å². The molecule has 0 saturated heterocycles. The maximum absolute atomic E-state index is 13.3. The highest BCUT2D eigenvalue weighted by molar-refractivity contribution is 7.92. The third kappa shape index (κ3) is 5.28. The molecule has 0 aliphatic rings. The van der Waals surface area contributed by atoms with Crippen molar-refractivity contribution >= 4 is 33.2 Å². The zero-order chi connectivity index (χ0) is 21.6. The predicted octanol–water partition coefficient (Wildman–Crippen LogP) is 4.76. The molecule has 0 heterocycles. The van der Waals surface area contributed by atoms with Crippen molar-refractivity contribution in [3.63, 3.8) is 0 Å². The second kappa shape index (κ2) is 9.76. The summed E-state index contributed by atoms with van der Waals surface area (Å²) in [7, 11) is -3.96. The number of halogens is 1. The second-order valence-corrected chi connectivity index (χ2v) is 8.85. The molecule has 0 saturated carbocycles. The molecule has 0 atom stereocenters. The van der Waals surface area contributed by atoms with E-state index in [1.165, 1.54) is 22.5 Å². The molecule has 2 rings (SSSR count). The Morgan fingerprint density at radius 2 is 1.86 bits per heavy atom. The minimum Gasteiger partial charge on any atom is -0.335 e. The summed E-state index contributed by atoms with van der Waals surface area (Å²) in [6.07, 6.45) is 1.49. The minimum absolute atomic E-state index is 0.0106. The number of carbonyl (C=O) groups is 1. The van der Waals surface area contributed by atoms with Crippen molar-refractivity contribution in [1.82, 2.24) is 4.90 Å². The van der Waals surface area contributed by atoms with Gasteiger partial charge in [0.15, 0.2) is 0 Å². The quantitative estimate of drug-likeness (QED) is 0.537. The van der Waals surface area contributed by atoms with Crippen molar-refractivity contribution in [3.05, 3.63) is 83.9 Å². The van der Waals surface area contributed by atoms with E-state index in [2.05, 4.69) is 13.2 Å². The number of anilines is 1. The molecular weight excluding hydrogens is 408 g/mol. The van der Waals surface area contributed by atoms with Crippen LogP contribution in [0.3, 0.4) is 0 Å². The molecule has 0 fully saturated rings. The summed E-state index contributed by atoms with van der Waals surface area (Å²) >= 11 is 6.23. The Morgan fingerprint density at radius 1 is 1.17 bits per heavy atom. The number of benzene rings is 2. The van der Waals surface area contributed by atoms with E-state index in [-0.39, 0.29) is 17.3 Å². The van der Waals surface area contributed by atoms with Crippen LogP contribution in [0.4, 0.5) is 5.69 Å². The van der Waals surface area contributed by atoms with E-state index < -0.39 is 10.0 Å². The Kier molecular flexibility index (Phi) is 7.65. The fourth-order valence-corrected chi connectivity index (χ4v) is 4.64. The Labute approximate surface area is 178 Å². The van der Waals surface area contributed by atoms with Gasteiger partial charge in [0, 0.05) is 18.7 Å². The summed E-state index contributed by atoms with van der Waals surface area (Å²) in [4.78, 5) is 14.5. The van der Waals surface area contributed by atoms with E-state index in [1.807, 2.05) is 13.8 Å². The highest BCUT2D eigenvalue weighted by atomic mass is 35.5. The zero-order valence-electron chi connectivity index (χ0n) is 16.6. The molecule has 0 spiro atoms. The summed E-state index contributed by atoms with van der Waals surface area (Å²) < 4.78 is 27.9. The van der Waals surface area contributed by atoms with Gasteiger partial charge < -0.3 is 4.90 Å². The molecule has 0 radical (unpaired) electrons. The van der Waals surface area contributed by atoms with Crippen molar-refractivity contribution < 1.29 is 13.2 Å². The van der Waals surface area contributed by atoms with Gasteiger partial charge in [-0.3, -0.25) is 9.10 Å². The SMILES string of the molecule is C=CCN(c1ccccc1Cl)S(=O)(=O)c1cccc(C(=O)N(CC)CC(=C)C)c1. The van der Waals surface area contributed by atoms with E-state index >= 15 is 0 Å². The lowest BCUT2D eigenvalue weighted by molar-refractivity contribution is 0.0778. The zero-order valence-corrected chi connectivity index (χ0v) is 18.2. The number of sulfonamides is 1. The first-order valence-electron chi connectivity index (χ1n) is 9.14. The lowest BCUT2D eigenvalue weighted by Gasteiger charge is -2.25. The van der Waals surface area contributed by atoms with Gasteiger partial charge in [0.1, 0.15) is 0 Å². The lowest BCUT2D eigenvalue weighted by atomic mass is 10.2. The molecule has 0 bridgehead atoms. The van der Waals surface area contributed by atoms with Crippen LogP contribution in [0.2, 0.25) is 5.02 Å². The van der Waals surface area contributed by atoms with Gasteiger partial charge in [-0.15, -0.1) is 6.58 Å². The summed E-state index contributed by atoms with van der Waals surface area (Å²) in [6, 6.07) is 12.7. The Morgan fingerprint density at radius 3 is 2.45 bits per heavy atom. The molecule has 2 aromatic carbocycles. The number of amides is 1. The summed E-state index contributed by atoms with van der Waals surface area (Å²) in [5.41, 5.74) is 1.50. The fourth-order valence-electron chi connectivity index (χ4n) is 2.85. The number of hydrogen-bond acceptors (Lipinski definition) is 3. The van der Waals surface area contributed by atoms with Crippen LogP contribution in [0.25, 0.3) is 0 Å². The minimum atomic E-state index is -3.96. The first-order chi connectivity index (χ1) is 13.7. The summed E-state index contributed by atoms with van der Waals surface area (Å²) in [5.74, 6) is -0.249. The number of rotatable bonds is 9. The summed E-state index contributed by atoms with van der Waals surface area (Å²) in [5, 5.41) is 0.309. The molecule has 2 aromatic rings. The average Bonchev–Trinajstić information content (AvgIpc) is 2.70. The van der Waals surface area contributed by atoms with Crippen molar-refractivity contribution in [2.45, 2.75) is 18.7 Å². The van der Waals surface area contributed by atoms with Crippen LogP contribution < -0.4 is 4.31 Å². The molecule has 0 aromatic heterocycles. The Balaban J connectivity index is 2.48. The van der Waals surface area contributed by atoms with Crippen LogP contribution >= 0.6 is 11.6 Å². The van der Waals surface area contributed by atoms with Gasteiger partial charge in [-0.2, -0.15) is 0 Å². The van der Waals surface area contributed by atoms with Crippen LogP contribution in [-0.2, 0) is 10.0 Å². The van der Waals surface area contributed by atoms with Gasteiger partial charge in [0.25, 0.3) is 15.9 Å². The van der Waals surface area contributed by atoms with Crippen LogP contribution in [0, 0.1) is 0 Å². The number of likely N-dealkylation sites (N-methyl/N-ethyl adjacent to an activating group) is 1. The van der Waals surface area contributed by atoms with Gasteiger partial charge in [0.05, 0.1) is 22.2 Å². The Bertz CT molecular complexity index is 1020. The van der Waals surface area contributed by atoms with Gasteiger partial charge in [-0.1, -0.05) is 48.0 Å². The van der Waals surface area contributed by atoms with E-state index in [0.29, 0.717) is 29.4 Å². The maximum atomic E-state index is 13.3. The normalized spacial score (nSPS) is 11.0. The number of carbonyl (C=O) groups excluding carboxylic acids is 1.